The van der Waals surface area contributed by atoms with Crippen LogP contribution in [0.1, 0.15) is 27.3 Å². The minimum Gasteiger partial charge on any atom is -0.464 e. The summed E-state index contributed by atoms with van der Waals surface area (Å²) in [6.07, 6.45) is -4.78. The van der Waals surface area contributed by atoms with Crippen LogP contribution in [0.15, 0.2) is 48.5 Å². The number of hydrogen-bond acceptors (Lipinski definition) is 2. The van der Waals surface area contributed by atoms with Crippen molar-refractivity contribution >= 4 is 17.6 Å². The van der Waals surface area contributed by atoms with Crippen LogP contribution in [-0.4, -0.2) is 17.6 Å². The zero-order chi connectivity index (χ0) is 21.3. The van der Waals surface area contributed by atoms with Gasteiger partial charge in [0, 0.05) is 22.7 Å². The Morgan fingerprint density at radius 2 is 1.79 bits per heavy atom. The van der Waals surface area contributed by atoms with Crippen molar-refractivity contribution in [3.8, 4) is 11.1 Å². The first-order valence-corrected chi connectivity index (χ1v) is 8.91. The van der Waals surface area contributed by atoms with Gasteiger partial charge in [0.05, 0.1) is 7.11 Å². The zero-order valence-electron chi connectivity index (χ0n) is 15.5. The van der Waals surface area contributed by atoms with E-state index in [1.807, 2.05) is 0 Å². The zero-order valence-corrected chi connectivity index (χ0v) is 16.2. The predicted octanol–water partition coefficient (Wildman–Crippen LogP) is 6.11. The number of ether oxygens (including phenoxy) is 1. The molecule has 1 heterocycles. The molecule has 0 unspecified atom stereocenters. The third-order valence-electron chi connectivity index (χ3n) is 4.54. The standard InChI is InChI=1S/C21H16ClF4NO2/c1-12-17(15-9-8-14(22)10-16(15)23)18(20(28)29-2)27(19(12)21(24,25)26)11-13-6-4-3-5-7-13/h3-10H,11H2,1-2H3. The van der Waals surface area contributed by atoms with E-state index in [9.17, 15) is 22.4 Å². The van der Waals surface area contributed by atoms with Crippen LogP contribution in [0.3, 0.4) is 0 Å². The average Bonchev–Trinajstić information content (AvgIpc) is 2.94. The van der Waals surface area contributed by atoms with Crippen molar-refractivity contribution in [2.24, 2.45) is 0 Å². The molecule has 0 saturated carbocycles. The van der Waals surface area contributed by atoms with Gasteiger partial charge < -0.3 is 9.30 Å². The van der Waals surface area contributed by atoms with Crippen LogP contribution in [0.25, 0.3) is 11.1 Å². The second kappa shape index (κ2) is 7.91. The monoisotopic (exact) mass is 425 g/mol. The summed E-state index contributed by atoms with van der Waals surface area (Å²) >= 11 is 5.77. The normalized spacial score (nSPS) is 11.6. The van der Waals surface area contributed by atoms with E-state index in [-0.39, 0.29) is 34.0 Å². The maximum absolute atomic E-state index is 14.6. The molecule has 0 N–H and O–H groups in total. The first-order chi connectivity index (χ1) is 13.6. The minimum absolute atomic E-state index is 0.0864. The van der Waals surface area contributed by atoms with Crippen molar-refractivity contribution in [1.29, 1.82) is 0 Å². The number of nitrogens with zero attached hydrogens (tertiary/aromatic N) is 1. The first-order valence-electron chi connectivity index (χ1n) is 8.53. The molecule has 0 saturated heterocycles. The SMILES string of the molecule is COC(=O)c1c(-c2ccc(Cl)cc2F)c(C)c(C(F)(F)F)n1Cc1ccccc1. The van der Waals surface area contributed by atoms with Crippen molar-refractivity contribution in [3.05, 3.63) is 81.9 Å². The van der Waals surface area contributed by atoms with Gasteiger partial charge in [-0.1, -0.05) is 41.9 Å². The molecule has 3 nitrogen and oxygen atoms in total. The van der Waals surface area contributed by atoms with Gasteiger partial charge in [0.25, 0.3) is 0 Å². The number of rotatable bonds is 4. The Kier molecular flexibility index (Phi) is 5.71. The number of methoxy groups -OCH3 is 1. The number of alkyl halides is 3. The first kappa shape index (κ1) is 20.9. The van der Waals surface area contributed by atoms with Crippen LogP contribution in [0.5, 0.6) is 0 Å². The largest absolute Gasteiger partial charge is 0.464 e. The summed E-state index contributed by atoms with van der Waals surface area (Å²) in [6.45, 7) is 0.969. The highest BCUT2D eigenvalue weighted by molar-refractivity contribution is 6.30. The van der Waals surface area contributed by atoms with E-state index in [0.29, 0.717) is 5.56 Å². The Morgan fingerprint density at radius 3 is 2.34 bits per heavy atom. The van der Waals surface area contributed by atoms with Crippen LogP contribution < -0.4 is 0 Å². The van der Waals surface area contributed by atoms with E-state index in [0.717, 1.165) is 17.7 Å². The molecule has 2 aromatic carbocycles. The molecule has 0 aliphatic heterocycles. The lowest BCUT2D eigenvalue weighted by molar-refractivity contribution is -0.143. The third-order valence-corrected chi connectivity index (χ3v) is 4.77. The molecule has 0 fully saturated rings. The third kappa shape index (κ3) is 4.00. The summed E-state index contributed by atoms with van der Waals surface area (Å²) in [7, 11) is 1.06. The topological polar surface area (TPSA) is 31.2 Å². The Hall–Kier alpha value is -2.80. The van der Waals surface area contributed by atoms with Crippen LogP contribution in [-0.2, 0) is 17.5 Å². The molecule has 0 atom stereocenters. The van der Waals surface area contributed by atoms with Gasteiger partial charge in [-0.25, -0.2) is 9.18 Å². The van der Waals surface area contributed by atoms with E-state index in [1.165, 1.54) is 19.1 Å². The van der Waals surface area contributed by atoms with Crippen molar-refractivity contribution in [2.75, 3.05) is 7.11 Å². The summed E-state index contributed by atoms with van der Waals surface area (Å²) in [5, 5.41) is 0.0864. The quantitative estimate of drug-likeness (QED) is 0.373. The van der Waals surface area contributed by atoms with E-state index >= 15 is 0 Å². The van der Waals surface area contributed by atoms with Gasteiger partial charge in [0.15, 0.2) is 0 Å². The molecule has 0 amide bonds. The van der Waals surface area contributed by atoms with Gasteiger partial charge >= 0.3 is 12.1 Å². The maximum atomic E-state index is 14.6. The van der Waals surface area contributed by atoms with Crippen LogP contribution >= 0.6 is 11.6 Å². The number of benzene rings is 2. The molecule has 0 bridgehead atoms. The Morgan fingerprint density at radius 1 is 1.14 bits per heavy atom. The highest BCUT2D eigenvalue weighted by Gasteiger charge is 2.41. The molecule has 3 aromatic rings. The number of aromatic nitrogens is 1. The summed E-state index contributed by atoms with van der Waals surface area (Å²) in [6, 6.07) is 11.9. The fourth-order valence-corrected chi connectivity index (χ4v) is 3.52. The van der Waals surface area contributed by atoms with Crippen LogP contribution in [0, 0.1) is 12.7 Å². The number of carbonyl (C=O) groups is 1. The number of halogens is 5. The molecule has 3 rings (SSSR count). The lowest BCUT2D eigenvalue weighted by Gasteiger charge is -2.15. The Bertz CT molecular complexity index is 1060. The summed E-state index contributed by atoms with van der Waals surface area (Å²) in [5.41, 5.74) is -1.47. The lowest BCUT2D eigenvalue weighted by Crippen LogP contribution is -2.19. The molecule has 0 aliphatic rings. The fraction of sp³-hybridized carbons (Fsp3) is 0.190. The second-order valence-corrected chi connectivity index (χ2v) is 6.82. The number of carbonyl (C=O) groups excluding carboxylic acids is 1. The van der Waals surface area contributed by atoms with Gasteiger partial charge in [0.2, 0.25) is 0 Å². The van der Waals surface area contributed by atoms with Crippen LogP contribution in [0.4, 0.5) is 17.6 Å². The van der Waals surface area contributed by atoms with Gasteiger partial charge in [-0.2, -0.15) is 13.2 Å². The van der Waals surface area contributed by atoms with E-state index in [2.05, 4.69) is 0 Å². The molecule has 8 heteroatoms. The Labute approximate surface area is 169 Å². The lowest BCUT2D eigenvalue weighted by atomic mass is 10.00. The second-order valence-electron chi connectivity index (χ2n) is 6.38. The van der Waals surface area contributed by atoms with E-state index < -0.39 is 23.7 Å². The predicted molar refractivity (Wildman–Crippen MR) is 101 cm³/mol. The smallest absolute Gasteiger partial charge is 0.431 e. The molecule has 152 valence electrons. The van der Waals surface area contributed by atoms with Gasteiger partial charge in [-0.3, -0.25) is 0 Å². The molecule has 0 spiro atoms. The summed E-state index contributed by atoms with van der Waals surface area (Å²) in [4.78, 5) is 12.5. The molecular formula is C21H16ClF4NO2. The molecule has 1 aromatic heterocycles. The molecule has 0 aliphatic carbocycles. The minimum atomic E-state index is -4.78. The molecule has 29 heavy (non-hydrogen) atoms. The number of hydrogen-bond donors (Lipinski definition) is 0. The molecule has 0 radical (unpaired) electrons. The van der Waals surface area contributed by atoms with E-state index in [4.69, 9.17) is 16.3 Å². The van der Waals surface area contributed by atoms with Gasteiger partial charge in [-0.15, -0.1) is 0 Å². The molecular weight excluding hydrogens is 410 g/mol. The van der Waals surface area contributed by atoms with Crippen molar-refractivity contribution in [2.45, 2.75) is 19.6 Å². The summed E-state index contributed by atoms with van der Waals surface area (Å²) in [5.74, 6) is -1.83. The highest BCUT2D eigenvalue weighted by Crippen LogP contribution is 2.42. The van der Waals surface area contributed by atoms with Crippen molar-refractivity contribution in [3.63, 3.8) is 0 Å². The average molecular weight is 426 g/mol. The van der Waals surface area contributed by atoms with Crippen molar-refractivity contribution in [1.82, 2.24) is 4.57 Å². The van der Waals surface area contributed by atoms with Gasteiger partial charge in [0.1, 0.15) is 17.2 Å². The maximum Gasteiger partial charge on any atom is 0.431 e. The van der Waals surface area contributed by atoms with Gasteiger partial charge in [-0.05, 0) is 36.2 Å². The van der Waals surface area contributed by atoms with Crippen LogP contribution in [0.2, 0.25) is 5.02 Å². The summed E-state index contributed by atoms with van der Waals surface area (Å²) < 4.78 is 62.1. The van der Waals surface area contributed by atoms with Crippen molar-refractivity contribution < 1.29 is 27.1 Å². The highest BCUT2D eigenvalue weighted by atomic mass is 35.5. The van der Waals surface area contributed by atoms with E-state index in [1.54, 1.807) is 30.3 Å². The Balaban J connectivity index is 2.38. The number of esters is 1. The fourth-order valence-electron chi connectivity index (χ4n) is 3.37.